The summed E-state index contributed by atoms with van der Waals surface area (Å²) in [4.78, 5) is 7.62. The van der Waals surface area contributed by atoms with Crippen molar-refractivity contribution in [2.24, 2.45) is 0 Å². The molecule has 8 N–H and O–H groups in total. The molecule has 0 radical (unpaired) electrons. The minimum Gasteiger partial charge on any atom is -0.395 e. The van der Waals surface area contributed by atoms with E-state index in [1.807, 2.05) is 0 Å². The van der Waals surface area contributed by atoms with E-state index >= 15 is 0 Å². The molecule has 0 aliphatic carbocycles. The van der Waals surface area contributed by atoms with Crippen molar-refractivity contribution in [2.75, 3.05) is 35.7 Å². The molecule has 0 fully saturated rings. The molecule has 0 bridgehead atoms. The molecule has 1 aromatic rings. The summed E-state index contributed by atoms with van der Waals surface area (Å²) in [7, 11) is 0. The van der Waals surface area contributed by atoms with Crippen LogP contribution < -0.4 is 22.5 Å². The number of nitrogens with one attached hydrogen (secondary N) is 1. The number of hydrogen-bond donors (Lipinski definition) is 5. The molecule has 10 heteroatoms. The average molecular weight is 294 g/mol. The number of nitrogens with zero attached hydrogens (tertiary/aromatic N) is 2. The number of aliphatic hydroxyl groups excluding tert-OH is 1. The fourth-order valence-electron chi connectivity index (χ4n) is 0.752. The highest BCUT2D eigenvalue weighted by molar-refractivity contribution is 5.86. The van der Waals surface area contributed by atoms with E-state index in [0.717, 1.165) is 0 Å². The summed E-state index contributed by atoms with van der Waals surface area (Å²) < 4.78 is 0. The highest BCUT2D eigenvalue weighted by Crippen LogP contribution is 2.19. The fraction of sp³-hybridized carbons (Fsp3) is 0.333. The van der Waals surface area contributed by atoms with Crippen molar-refractivity contribution >= 4 is 60.5 Å². The van der Waals surface area contributed by atoms with Crippen LogP contribution in [0, 0.1) is 0 Å². The number of aliphatic hydroxyl groups is 1. The van der Waals surface area contributed by atoms with Gasteiger partial charge in [0.1, 0.15) is 5.69 Å². The van der Waals surface area contributed by atoms with Crippen LogP contribution in [0.25, 0.3) is 0 Å². The van der Waals surface area contributed by atoms with Gasteiger partial charge in [-0.05, 0) is 0 Å². The Morgan fingerprint density at radius 2 is 1.44 bits per heavy atom. The smallest absolute Gasteiger partial charge is 0.226 e. The maximum absolute atomic E-state index is 8.52. The lowest BCUT2D eigenvalue weighted by atomic mass is 10.4. The van der Waals surface area contributed by atoms with Gasteiger partial charge in [0.05, 0.1) is 6.61 Å². The molecule has 7 nitrogen and oxygen atoms in total. The van der Waals surface area contributed by atoms with Crippen LogP contribution in [0.1, 0.15) is 0 Å². The van der Waals surface area contributed by atoms with Gasteiger partial charge in [-0.2, -0.15) is 9.97 Å². The topological polar surface area (TPSA) is 136 Å². The molecule has 0 amide bonds. The average Bonchev–Trinajstić information content (AvgIpc) is 2.10. The van der Waals surface area contributed by atoms with E-state index < -0.39 is 0 Å². The largest absolute Gasteiger partial charge is 0.395 e. The quantitative estimate of drug-likeness (QED) is 0.524. The minimum absolute atomic E-state index is 0. The van der Waals surface area contributed by atoms with Crippen molar-refractivity contribution in [1.29, 1.82) is 0 Å². The lowest BCUT2D eigenvalue weighted by molar-refractivity contribution is 0.311. The van der Waals surface area contributed by atoms with Crippen molar-refractivity contribution in [3.8, 4) is 0 Å². The molecule has 0 saturated heterocycles. The number of rotatable bonds is 3. The maximum atomic E-state index is 8.52. The van der Waals surface area contributed by atoms with Crippen LogP contribution in [0.5, 0.6) is 0 Å². The monoisotopic (exact) mass is 292 g/mol. The fourth-order valence-corrected chi connectivity index (χ4v) is 0.752. The molecule has 1 heterocycles. The number of aromatic nitrogens is 2. The number of anilines is 4. The zero-order valence-electron chi connectivity index (χ0n) is 8.21. The van der Waals surface area contributed by atoms with Crippen molar-refractivity contribution in [2.45, 2.75) is 0 Å². The highest BCUT2D eigenvalue weighted by atomic mass is 35.5. The third-order valence-corrected chi connectivity index (χ3v) is 1.40. The number of nitrogen functional groups attached to an aromatic ring is 3. The van der Waals surface area contributed by atoms with Crippen molar-refractivity contribution in [1.82, 2.24) is 9.97 Å². The summed E-state index contributed by atoms with van der Waals surface area (Å²) in [6.45, 7) is 0.316. The molecule has 0 spiro atoms. The first-order valence-corrected chi connectivity index (χ1v) is 3.68. The third-order valence-electron chi connectivity index (χ3n) is 1.40. The van der Waals surface area contributed by atoms with E-state index in [4.69, 9.17) is 22.3 Å². The third kappa shape index (κ3) is 5.26. The molecule has 1 aromatic heterocycles. The standard InChI is InChI=1S/C6H12N6O.3ClH/c7-3-4(8)11-6(10-1-2-13)12-5(3)9;;;/h13H,1-2,7H2,(H5,8,9,10,11,12);3*1H. The van der Waals surface area contributed by atoms with Crippen LogP contribution >= 0.6 is 37.2 Å². The van der Waals surface area contributed by atoms with Crippen molar-refractivity contribution in [3.63, 3.8) is 0 Å². The maximum Gasteiger partial charge on any atom is 0.226 e. The van der Waals surface area contributed by atoms with Crippen LogP contribution in [0.4, 0.5) is 23.3 Å². The molecule has 0 aromatic carbocycles. The second kappa shape index (κ2) is 9.34. The van der Waals surface area contributed by atoms with Crippen molar-refractivity contribution < 1.29 is 5.11 Å². The van der Waals surface area contributed by atoms with E-state index in [-0.39, 0.29) is 67.1 Å². The summed E-state index contributed by atoms with van der Waals surface area (Å²) in [5, 5.41) is 11.2. The Morgan fingerprint density at radius 3 is 1.81 bits per heavy atom. The molecule has 16 heavy (non-hydrogen) atoms. The Balaban J connectivity index is -0.000000563. The van der Waals surface area contributed by atoms with Gasteiger partial charge in [0.15, 0.2) is 11.6 Å². The van der Waals surface area contributed by atoms with Gasteiger partial charge in [0, 0.05) is 6.54 Å². The van der Waals surface area contributed by atoms with E-state index in [1.54, 1.807) is 0 Å². The Hall–Kier alpha value is -0.890. The van der Waals surface area contributed by atoms with Gasteiger partial charge in [0.2, 0.25) is 5.95 Å². The minimum atomic E-state index is -0.0203. The zero-order valence-corrected chi connectivity index (χ0v) is 10.7. The Labute approximate surface area is 111 Å². The van der Waals surface area contributed by atoms with E-state index in [1.165, 1.54) is 0 Å². The SMILES string of the molecule is Cl.Cl.Cl.Nc1nc(NCCO)nc(N)c1N. The van der Waals surface area contributed by atoms with E-state index in [9.17, 15) is 0 Å². The summed E-state index contributed by atoms with van der Waals surface area (Å²) in [6, 6.07) is 0. The van der Waals surface area contributed by atoms with Crippen LogP contribution in [0.2, 0.25) is 0 Å². The molecule has 1 rings (SSSR count). The molecule has 0 aliphatic rings. The molecular weight excluding hydrogens is 278 g/mol. The second-order valence-corrected chi connectivity index (χ2v) is 2.38. The van der Waals surface area contributed by atoms with Crippen LogP contribution in [-0.4, -0.2) is 28.2 Å². The summed E-state index contributed by atoms with van der Waals surface area (Å²) in [5.74, 6) is 0.527. The first kappa shape index (κ1) is 20.5. The molecule has 0 saturated carbocycles. The molecular formula is C6H15Cl3N6O. The van der Waals surface area contributed by atoms with E-state index in [0.29, 0.717) is 6.54 Å². The highest BCUT2D eigenvalue weighted by Gasteiger charge is 2.05. The zero-order chi connectivity index (χ0) is 9.84. The van der Waals surface area contributed by atoms with Gasteiger partial charge in [-0.1, -0.05) is 0 Å². The van der Waals surface area contributed by atoms with Crippen molar-refractivity contribution in [3.05, 3.63) is 0 Å². The van der Waals surface area contributed by atoms with Gasteiger partial charge in [-0.25, -0.2) is 0 Å². The molecule has 0 unspecified atom stereocenters. The van der Waals surface area contributed by atoms with Crippen LogP contribution in [0.3, 0.4) is 0 Å². The molecule has 0 atom stereocenters. The van der Waals surface area contributed by atoms with Gasteiger partial charge in [-0.15, -0.1) is 37.2 Å². The Morgan fingerprint density at radius 1 is 1.00 bits per heavy atom. The normalized spacial score (nSPS) is 8.06. The first-order chi connectivity index (χ1) is 6.15. The van der Waals surface area contributed by atoms with Gasteiger partial charge < -0.3 is 27.6 Å². The van der Waals surface area contributed by atoms with Crippen LogP contribution in [0.15, 0.2) is 0 Å². The summed E-state index contributed by atoms with van der Waals surface area (Å²) >= 11 is 0. The summed E-state index contributed by atoms with van der Waals surface area (Å²) in [6.07, 6.45) is 0. The van der Waals surface area contributed by atoms with Gasteiger partial charge in [-0.3, -0.25) is 0 Å². The Kier molecular flexibility index (Phi) is 12.0. The summed E-state index contributed by atoms with van der Waals surface area (Å²) in [5.41, 5.74) is 16.5. The lowest BCUT2D eigenvalue weighted by Gasteiger charge is -2.06. The second-order valence-electron chi connectivity index (χ2n) is 2.38. The lowest BCUT2D eigenvalue weighted by Crippen LogP contribution is -2.12. The predicted octanol–water partition coefficient (Wildman–Crippen LogP) is -0.107. The van der Waals surface area contributed by atoms with Gasteiger partial charge >= 0.3 is 0 Å². The van der Waals surface area contributed by atoms with Gasteiger partial charge in [0.25, 0.3) is 0 Å². The Bertz CT molecular complexity index is 289. The van der Waals surface area contributed by atoms with E-state index in [2.05, 4.69) is 15.3 Å². The number of nitrogens with two attached hydrogens (primary N) is 3. The first-order valence-electron chi connectivity index (χ1n) is 3.68. The van der Waals surface area contributed by atoms with Crippen LogP contribution in [-0.2, 0) is 0 Å². The predicted molar refractivity (Wildman–Crippen MR) is 72.6 cm³/mol. The number of hydrogen-bond acceptors (Lipinski definition) is 7. The number of halogens is 3. The molecule has 0 aliphatic heterocycles. The molecule has 96 valence electrons.